The van der Waals surface area contributed by atoms with Crippen LogP contribution in [0.1, 0.15) is 42.7 Å². The van der Waals surface area contributed by atoms with E-state index in [-0.39, 0.29) is 5.91 Å². The molecule has 2 aromatic rings. The average Bonchev–Trinajstić information content (AvgIpc) is 2.73. The number of benzene rings is 1. The summed E-state index contributed by atoms with van der Waals surface area (Å²) in [5, 5.41) is 0. The van der Waals surface area contributed by atoms with Gasteiger partial charge < -0.3 is 9.64 Å². The minimum absolute atomic E-state index is 0.109. The Morgan fingerprint density at radius 3 is 2.48 bits per heavy atom. The first kappa shape index (κ1) is 22.4. The van der Waals surface area contributed by atoms with E-state index >= 15 is 0 Å². The highest BCUT2D eigenvalue weighted by Crippen LogP contribution is 2.25. The Bertz CT molecular complexity index is 917. The average molecular weight is 486 g/mol. The molecule has 3 heterocycles. The minimum atomic E-state index is 0.109. The van der Waals surface area contributed by atoms with Crippen LogP contribution >= 0.6 is 15.9 Å². The van der Waals surface area contributed by atoms with E-state index < -0.39 is 0 Å². The van der Waals surface area contributed by atoms with Crippen LogP contribution in [0.5, 0.6) is 0 Å². The van der Waals surface area contributed by atoms with E-state index in [4.69, 9.17) is 9.72 Å². The number of aryl methyl sites for hydroxylation is 1. The predicted molar refractivity (Wildman–Crippen MR) is 127 cm³/mol. The molecule has 0 N–H and O–H groups in total. The SMILES string of the molecule is Cc1nc(-c2cccc(Br)c2)ccc1C(=O)N1CCC(CN2CC(C)OC(C)C2)CC1. The van der Waals surface area contributed by atoms with Crippen LogP contribution in [-0.4, -0.2) is 65.6 Å². The second-order valence-corrected chi connectivity index (χ2v) is 9.97. The quantitative estimate of drug-likeness (QED) is 0.624. The molecule has 6 heteroatoms. The van der Waals surface area contributed by atoms with Gasteiger partial charge in [-0.1, -0.05) is 28.1 Å². The number of rotatable bonds is 4. The normalized spacial score (nSPS) is 23.2. The van der Waals surface area contributed by atoms with Crippen LogP contribution < -0.4 is 0 Å². The first-order valence-electron chi connectivity index (χ1n) is 11.3. The molecule has 0 aliphatic carbocycles. The van der Waals surface area contributed by atoms with Gasteiger partial charge in [0, 0.05) is 42.8 Å². The number of carbonyl (C=O) groups is 1. The van der Waals surface area contributed by atoms with Crippen molar-refractivity contribution < 1.29 is 9.53 Å². The summed E-state index contributed by atoms with van der Waals surface area (Å²) in [7, 11) is 0. The maximum Gasteiger partial charge on any atom is 0.255 e. The molecule has 31 heavy (non-hydrogen) atoms. The fraction of sp³-hybridized carbons (Fsp3) is 0.520. The van der Waals surface area contributed by atoms with E-state index in [0.29, 0.717) is 23.7 Å². The molecule has 2 aliphatic heterocycles. The van der Waals surface area contributed by atoms with E-state index in [1.54, 1.807) is 0 Å². The lowest BCUT2D eigenvalue weighted by molar-refractivity contribution is -0.0728. The van der Waals surface area contributed by atoms with E-state index in [2.05, 4.69) is 34.7 Å². The second kappa shape index (κ2) is 9.80. The Hall–Kier alpha value is -1.76. The molecular weight excluding hydrogens is 454 g/mol. The van der Waals surface area contributed by atoms with Crippen molar-refractivity contribution in [3.05, 3.63) is 52.1 Å². The zero-order valence-electron chi connectivity index (χ0n) is 18.7. The number of halogens is 1. The fourth-order valence-electron chi connectivity index (χ4n) is 4.88. The van der Waals surface area contributed by atoms with Crippen molar-refractivity contribution in [1.82, 2.24) is 14.8 Å². The number of aromatic nitrogens is 1. The molecule has 2 atom stereocenters. The van der Waals surface area contributed by atoms with Crippen molar-refractivity contribution >= 4 is 21.8 Å². The van der Waals surface area contributed by atoms with Gasteiger partial charge in [-0.15, -0.1) is 0 Å². The molecule has 0 radical (unpaired) electrons. The number of piperidine rings is 1. The molecule has 0 bridgehead atoms. The minimum Gasteiger partial charge on any atom is -0.373 e. The van der Waals surface area contributed by atoms with Crippen LogP contribution in [0.4, 0.5) is 0 Å². The van der Waals surface area contributed by atoms with Gasteiger partial charge >= 0.3 is 0 Å². The Kier molecular flexibility index (Phi) is 7.09. The number of hydrogen-bond acceptors (Lipinski definition) is 4. The molecule has 1 amide bonds. The van der Waals surface area contributed by atoms with Gasteiger partial charge in [-0.25, -0.2) is 0 Å². The summed E-state index contributed by atoms with van der Waals surface area (Å²) >= 11 is 3.51. The van der Waals surface area contributed by atoms with Crippen LogP contribution in [0, 0.1) is 12.8 Å². The van der Waals surface area contributed by atoms with Crippen LogP contribution in [0.3, 0.4) is 0 Å². The van der Waals surface area contributed by atoms with Gasteiger partial charge in [0.25, 0.3) is 5.91 Å². The Balaban J connectivity index is 1.35. The monoisotopic (exact) mass is 485 g/mol. The van der Waals surface area contributed by atoms with Crippen molar-refractivity contribution in [2.24, 2.45) is 5.92 Å². The number of hydrogen-bond donors (Lipinski definition) is 0. The Labute approximate surface area is 193 Å². The van der Waals surface area contributed by atoms with Crippen molar-refractivity contribution in [2.45, 2.75) is 45.8 Å². The number of likely N-dealkylation sites (tertiary alicyclic amines) is 1. The zero-order chi connectivity index (χ0) is 22.0. The lowest BCUT2D eigenvalue weighted by Gasteiger charge is -2.39. The molecule has 2 aliphatic rings. The lowest BCUT2D eigenvalue weighted by atomic mass is 9.95. The van der Waals surface area contributed by atoms with Crippen LogP contribution in [-0.2, 0) is 4.74 Å². The molecule has 2 fully saturated rings. The highest BCUT2D eigenvalue weighted by molar-refractivity contribution is 9.10. The molecule has 1 aromatic carbocycles. The number of carbonyl (C=O) groups excluding carboxylic acids is 1. The molecule has 5 nitrogen and oxygen atoms in total. The number of morpholine rings is 1. The van der Waals surface area contributed by atoms with Gasteiger partial charge in [0.05, 0.1) is 29.2 Å². The molecule has 1 aromatic heterocycles. The summed E-state index contributed by atoms with van der Waals surface area (Å²) in [6.45, 7) is 11.0. The van der Waals surface area contributed by atoms with Gasteiger partial charge in [-0.2, -0.15) is 0 Å². The number of pyridine rings is 1. The van der Waals surface area contributed by atoms with E-state index in [0.717, 1.165) is 67.0 Å². The van der Waals surface area contributed by atoms with Crippen LogP contribution in [0.25, 0.3) is 11.3 Å². The maximum atomic E-state index is 13.2. The highest BCUT2D eigenvalue weighted by atomic mass is 79.9. The summed E-state index contributed by atoms with van der Waals surface area (Å²) in [5.74, 6) is 0.762. The third-order valence-corrected chi connectivity index (χ3v) is 6.84. The summed E-state index contributed by atoms with van der Waals surface area (Å²) < 4.78 is 6.88. The first-order chi connectivity index (χ1) is 14.9. The van der Waals surface area contributed by atoms with Gasteiger partial charge in [-0.3, -0.25) is 14.7 Å². The summed E-state index contributed by atoms with van der Waals surface area (Å²) in [6.07, 6.45) is 2.74. The van der Waals surface area contributed by atoms with Crippen LogP contribution in [0.2, 0.25) is 0 Å². The standard InChI is InChI=1S/C25H32BrN3O2/c1-17-14-28(15-18(2)31-17)16-20-9-11-29(12-10-20)25(30)23-7-8-24(27-19(23)3)21-5-4-6-22(26)13-21/h4-8,13,17-18,20H,9-12,14-16H2,1-3H3. The number of amides is 1. The van der Waals surface area contributed by atoms with Gasteiger partial charge in [0.15, 0.2) is 0 Å². The third kappa shape index (κ3) is 5.54. The van der Waals surface area contributed by atoms with Crippen molar-refractivity contribution in [2.75, 3.05) is 32.7 Å². The topological polar surface area (TPSA) is 45.7 Å². The summed E-state index contributed by atoms with van der Waals surface area (Å²) in [5.41, 5.74) is 3.45. The maximum absolute atomic E-state index is 13.2. The molecule has 166 valence electrons. The summed E-state index contributed by atoms with van der Waals surface area (Å²) in [6, 6.07) is 12.0. The zero-order valence-corrected chi connectivity index (χ0v) is 20.3. The molecule has 2 unspecified atom stereocenters. The van der Waals surface area contributed by atoms with Crippen molar-refractivity contribution in [3.8, 4) is 11.3 Å². The second-order valence-electron chi connectivity index (χ2n) is 9.05. The predicted octanol–water partition coefficient (Wildman–Crippen LogP) is 4.78. The van der Waals surface area contributed by atoms with Crippen LogP contribution in [0.15, 0.2) is 40.9 Å². The van der Waals surface area contributed by atoms with Gasteiger partial charge in [-0.05, 0) is 63.8 Å². The third-order valence-electron chi connectivity index (χ3n) is 6.35. The molecule has 2 saturated heterocycles. The number of ether oxygens (including phenoxy) is 1. The summed E-state index contributed by atoms with van der Waals surface area (Å²) in [4.78, 5) is 22.4. The Morgan fingerprint density at radius 1 is 1.13 bits per heavy atom. The van der Waals surface area contributed by atoms with Gasteiger partial charge in [0.1, 0.15) is 0 Å². The lowest BCUT2D eigenvalue weighted by Crippen LogP contribution is -2.48. The fourth-order valence-corrected chi connectivity index (χ4v) is 5.28. The highest BCUT2D eigenvalue weighted by Gasteiger charge is 2.28. The smallest absolute Gasteiger partial charge is 0.255 e. The number of nitrogens with zero attached hydrogens (tertiary/aromatic N) is 3. The van der Waals surface area contributed by atoms with Gasteiger partial charge in [0.2, 0.25) is 0 Å². The largest absolute Gasteiger partial charge is 0.373 e. The first-order valence-corrected chi connectivity index (χ1v) is 12.1. The van der Waals surface area contributed by atoms with E-state index in [9.17, 15) is 4.79 Å². The molecular formula is C25H32BrN3O2. The van der Waals surface area contributed by atoms with E-state index in [1.165, 1.54) is 0 Å². The Morgan fingerprint density at radius 2 is 1.84 bits per heavy atom. The van der Waals surface area contributed by atoms with E-state index in [1.807, 2.05) is 48.2 Å². The molecule has 0 saturated carbocycles. The van der Waals surface area contributed by atoms with Crippen molar-refractivity contribution in [3.63, 3.8) is 0 Å². The molecule has 4 rings (SSSR count). The van der Waals surface area contributed by atoms with Crippen molar-refractivity contribution in [1.29, 1.82) is 0 Å². The molecule has 0 spiro atoms.